The van der Waals surface area contributed by atoms with E-state index in [1.54, 1.807) is 20.1 Å². The summed E-state index contributed by atoms with van der Waals surface area (Å²) in [5.41, 5.74) is 2.93. The van der Waals surface area contributed by atoms with Crippen LogP contribution in [0.2, 0.25) is 0 Å². The molecule has 1 atom stereocenters. The molecular formula is C31H34N4O7. The van der Waals surface area contributed by atoms with E-state index in [-0.39, 0.29) is 25.1 Å². The molecule has 4 rings (SSSR count). The topological polar surface area (TPSA) is 136 Å². The fourth-order valence-corrected chi connectivity index (χ4v) is 4.40. The van der Waals surface area contributed by atoms with Crippen molar-refractivity contribution in [2.24, 2.45) is 0 Å². The van der Waals surface area contributed by atoms with Crippen LogP contribution in [0.4, 0.5) is 4.79 Å². The van der Waals surface area contributed by atoms with Crippen molar-refractivity contribution in [1.82, 2.24) is 20.5 Å². The molecule has 1 saturated heterocycles. The van der Waals surface area contributed by atoms with E-state index in [1.807, 2.05) is 60.7 Å². The van der Waals surface area contributed by atoms with Crippen LogP contribution in [-0.4, -0.2) is 79.8 Å². The first kappa shape index (κ1) is 30.2. The summed E-state index contributed by atoms with van der Waals surface area (Å²) in [6, 6.07) is 18.9. The highest BCUT2D eigenvalue weighted by atomic mass is 16.6. The number of aromatic nitrogens is 1. The monoisotopic (exact) mass is 574 g/mol. The van der Waals surface area contributed by atoms with Crippen LogP contribution < -0.4 is 15.4 Å². The summed E-state index contributed by atoms with van der Waals surface area (Å²) in [6.45, 7) is 3.76. The van der Waals surface area contributed by atoms with Crippen molar-refractivity contribution in [3.05, 3.63) is 72.4 Å². The van der Waals surface area contributed by atoms with E-state index < -0.39 is 30.0 Å². The number of ether oxygens (including phenoxy) is 3. The summed E-state index contributed by atoms with van der Waals surface area (Å²) < 4.78 is 15.4. The Bertz CT molecular complexity index is 1390. The Kier molecular flexibility index (Phi) is 10.6. The minimum absolute atomic E-state index is 0.0459. The van der Waals surface area contributed by atoms with Gasteiger partial charge in [-0.15, -0.1) is 0 Å². The number of nitrogens with one attached hydrogen (secondary N) is 2. The highest BCUT2D eigenvalue weighted by Gasteiger charge is 2.29. The predicted molar refractivity (Wildman–Crippen MR) is 155 cm³/mol. The Hall–Kier alpha value is -4.77. The highest BCUT2D eigenvalue weighted by molar-refractivity contribution is 5.98. The Labute approximate surface area is 244 Å². The van der Waals surface area contributed by atoms with Crippen molar-refractivity contribution in [3.8, 4) is 28.1 Å². The van der Waals surface area contributed by atoms with E-state index in [4.69, 9.17) is 14.2 Å². The van der Waals surface area contributed by atoms with E-state index in [0.717, 1.165) is 16.7 Å². The lowest BCUT2D eigenvalue weighted by Crippen LogP contribution is -2.49. The molecule has 1 unspecified atom stereocenters. The number of carbonyl (C=O) groups is 4. The van der Waals surface area contributed by atoms with Crippen LogP contribution in [0, 0.1) is 0 Å². The molecule has 0 radical (unpaired) electrons. The molecule has 11 nitrogen and oxygen atoms in total. The molecule has 0 aliphatic carbocycles. The summed E-state index contributed by atoms with van der Waals surface area (Å²) >= 11 is 0. The Balaban J connectivity index is 1.61. The molecular weight excluding hydrogens is 540 g/mol. The van der Waals surface area contributed by atoms with Crippen LogP contribution in [0.25, 0.3) is 22.4 Å². The van der Waals surface area contributed by atoms with Gasteiger partial charge in [0.15, 0.2) is 0 Å². The molecule has 220 valence electrons. The average Bonchev–Trinajstić information content (AvgIpc) is 3.03. The molecule has 3 aromatic rings. The van der Waals surface area contributed by atoms with Gasteiger partial charge in [-0.1, -0.05) is 42.5 Å². The molecule has 42 heavy (non-hydrogen) atoms. The summed E-state index contributed by atoms with van der Waals surface area (Å²) in [4.78, 5) is 57.3. The Morgan fingerprint density at radius 3 is 2.33 bits per heavy atom. The number of piperazine rings is 1. The van der Waals surface area contributed by atoms with Crippen molar-refractivity contribution < 1.29 is 33.4 Å². The van der Waals surface area contributed by atoms with Crippen LogP contribution in [0.3, 0.4) is 0 Å². The lowest BCUT2D eigenvalue weighted by atomic mass is 10.0. The standard InChI is InChI=1S/C31H34N4O7/c1-3-41-28(36)14-13-25(30(38)42-31(39)35-17-15-32-16-18-35)34-29(37)27-20-23(21-9-11-24(40-2)12-10-21)19-26(33-27)22-7-5-4-6-8-22/h4-12,19-20,25,32H,3,13-18H2,1-2H3,(H,34,37). The second-order valence-electron chi connectivity index (χ2n) is 9.51. The summed E-state index contributed by atoms with van der Waals surface area (Å²) in [5.74, 6) is -1.48. The van der Waals surface area contributed by atoms with E-state index in [2.05, 4.69) is 15.6 Å². The van der Waals surface area contributed by atoms with Crippen molar-refractivity contribution in [2.45, 2.75) is 25.8 Å². The second kappa shape index (κ2) is 14.7. The number of carbonyl (C=O) groups excluding carboxylic acids is 4. The van der Waals surface area contributed by atoms with Gasteiger partial charge in [-0.25, -0.2) is 14.6 Å². The van der Waals surface area contributed by atoms with Gasteiger partial charge in [0.1, 0.15) is 17.5 Å². The number of hydrogen-bond donors (Lipinski definition) is 2. The number of hydrogen-bond acceptors (Lipinski definition) is 9. The van der Waals surface area contributed by atoms with Crippen LogP contribution in [-0.2, 0) is 19.1 Å². The zero-order valence-corrected chi connectivity index (χ0v) is 23.6. The van der Waals surface area contributed by atoms with Crippen LogP contribution >= 0.6 is 0 Å². The van der Waals surface area contributed by atoms with Crippen molar-refractivity contribution in [3.63, 3.8) is 0 Å². The van der Waals surface area contributed by atoms with Crippen LogP contribution in [0.5, 0.6) is 5.75 Å². The predicted octanol–water partition coefficient (Wildman–Crippen LogP) is 3.43. The maximum atomic E-state index is 13.6. The maximum Gasteiger partial charge on any atom is 0.417 e. The summed E-state index contributed by atoms with van der Waals surface area (Å²) in [5, 5.41) is 5.74. The minimum atomic E-state index is -1.29. The normalized spacial score (nSPS) is 13.5. The fourth-order valence-electron chi connectivity index (χ4n) is 4.40. The number of amides is 2. The van der Waals surface area contributed by atoms with Crippen molar-refractivity contribution >= 4 is 23.9 Å². The average molecular weight is 575 g/mol. The largest absolute Gasteiger partial charge is 0.497 e. The first-order chi connectivity index (χ1) is 20.4. The summed E-state index contributed by atoms with van der Waals surface area (Å²) in [7, 11) is 1.58. The van der Waals surface area contributed by atoms with Gasteiger partial charge < -0.3 is 29.7 Å². The molecule has 1 aromatic heterocycles. The third-order valence-corrected chi connectivity index (χ3v) is 6.65. The van der Waals surface area contributed by atoms with Crippen LogP contribution in [0.15, 0.2) is 66.7 Å². The fraction of sp³-hybridized carbons (Fsp3) is 0.323. The third-order valence-electron chi connectivity index (χ3n) is 6.65. The number of nitrogens with zero attached hydrogens (tertiary/aromatic N) is 2. The smallest absolute Gasteiger partial charge is 0.417 e. The quantitative estimate of drug-likeness (QED) is 0.276. The van der Waals surface area contributed by atoms with Crippen molar-refractivity contribution in [2.75, 3.05) is 39.9 Å². The van der Waals surface area contributed by atoms with Gasteiger partial charge >= 0.3 is 18.0 Å². The molecule has 0 bridgehead atoms. The zero-order valence-electron chi connectivity index (χ0n) is 23.6. The highest BCUT2D eigenvalue weighted by Crippen LogP contribution is 2.27. The van der Waals surface area contributed by atoms with E-state index in [1.165, 1.54) is 4.90 Å². The molecule has 0 spiro atoms. The van der Waals surface area contributed by atoms with Crippen molar-refractivity contribution in [1.29, 1.82) is 0 Å². The first-order valence-electron chi connectivity index (χ1n) is 13.8. The van der Waals surface area contributed by atoms with E-state index in [9.17, 15) is 19.2 Å². The summed E-state index contributed by atoms with van der Waals surface area (Å²) in [6.07, 6.45) is -1.09. The van der Waals surface area contributed by atoms with Gasteiger partial charge in [0.05, 0.1) is 19.4 Å². The number of methoxy groups -OCH3 is 1. The molecule has 1 aliphatic heterocycles. The molecule has 2 aromatic carbocycles. The molecule has 2 amide bonds. The van der Waals surface area contributed by atoms with Gasteiger partial charge in [0.2, 0.25) is 0 Å². The molecule has 1 aliphatic rings. The molecule has 2 N–H and O–H groups in total. The molecule has 2 heterocycles. The van der Waals surface area contributed by atoms with E-state index >= 15 is 0 Å². The van der Waals surface area contributed by atoms with Gasteiger partial charge in [0, 0.05) is 38.2 Å². The maximum absolute atomic E-state index is 13.6. The first-order valence-corrected chi connectivity index (χ1v) is 13.8. The minimum Gasteiger partial charge on any atom is -0.497 e. The second-order valence-corrected chi connectivity index (χ2v) is 9.51. The molecule has 0 saturated carbocycles. The number of pyridine rings is 1. The number of esters is 2. The third kappa shape index (κ3) is 8.14. The van der Waals surface area contributed by atoms with Crippen LogP contribution in [0.1, 0.15) is 30.3 Å². The van der Waals surface area contributed by atoms with Gasteiger partial charge in [0.25, 0.3) is 5.91 Å². The Morgan fingerprint density at radius 2 is 1.67 bits per heavy atom. The SMILES string of the molecule is CCOC(=O)CCC(NC(=O)c1cc(-c2ccc(OC)cc2)cc(-c2ccccc2)n1)C(=O)OC(=O)N1CCNCC1. The number of rotatable bonds is 10. The zero-order chi connectivity index (χ0) is 29.9. The van der Waals surface area contributed by atoms with E-state index in [0.29, 0.717) is 37.6 Å². The van der Waals surface area contributed by atoms with Gasteiger partial charge in [-0.05, 0) is 48.7 Å². The number of benzene rings is 2. The molecule has 11 heteroatoms. The Morgan fingerprint density at radius 1 is 0.952 bits per heavy atom. The lowest BCUT2D eigenvalue weighted by Gasteiger charge is -2.26. The lowest BCUT2D eigenvalue weighted by molar-refractivity contribution is -0.144. The van der Waals surface area contributed by atoms with Gasteiger partial charge in [-0.2, -0.15) is 0 Å². The molecule has 1 fully saturated rings. The van der Waals surface area contributed by atoms with Gasteiger partial charge in [-0.3, -0.25) is 9.59 Å².